The van der Waals surface area contributed by atoms with Crippen molar-refractivity contribution in [1.29, 1.82) is 5.26 Å². The molecule has 5 nitrogen and oxygen atoms in total. The van der Waals surface area contributed by atoms with Crippen LogP contribution in [-0.2, 0) is 0 Å². The van der Waals surface area contributed by atoms with E-state index in [9.17, 15) is 5.26 Å². The monoisotopic (exact) mass is 284 g/mol. The number of nitriles is 1. The standard InChI is InChI=1S/C14H9ClN4O/c15-10-4-1-2-5-11(10)19-14(17)9(8-16)13(18-19)12-6-3-7-20-12/h1-7H,17H2. The Bertz CT molecular complexity index is 799. The highest BCUT2D eigenvalue weighted by Gasteiger charge is 2.20. The van der Waals surface area contributed by atoms with Gasteiger partial charge >= 0.3 is 0 Å². The summed E-state index contributed by atoms with van der Waals surface area (Å²) < 4.78 is 6.72. The highest BCUT2D eigenvalue weighted by molar-refractivity contribution is 6.32. The first-order chi connectivity index (χ1) is 9.72. The van der Waals surface area contributed by atoms with Crippen LogP contribution in [0, 0.1) is 11.3 Å². The van der Waals surface area contributed by atoms with Gasteiger partial charge in [0, 0.05) is 0 Å². The number of benzene rings is 1. The summed E-state index contributed by atoms with van der Waals surface area (Å²) in [4.78, 5) is 0. The van der Waals surface area contributed by atoms with E-state index in [-0.39, 0.29) is 11.4 Å². The molecular weight excluding hydrogens is 276 g/mol. The minimum absolute atomic E-state index is 0.229. The lowest BCUT2D eigenvalue weighted by atomic mass is 10.2. The van der Waals surface area contributed by atoms with Crippen molar-refractivity contribution in [3.63, 3.8) is 0 Å². The van der Waals surface area contributed by atoms with E-state index >= 15 is 0 Å². The van der Waals surface area contributed by atoms with Crippen LogP contribution in [0.1, 0.15) is 5.56 Å². The van der Waals surface area contributed by atoms with Gasteiger partial charge in [-0.3, -0.25) is 0 Å². The molecule has 0 saturated heterocycles. The molecule has 0 saturated carbocycles. The molecule has 20 heavy (non-hydrogen) atoms. The van der Waals surface area contributed by atoms with Crippen molar-refractivity contribution < 1.29 is 4.42 Å². The third-order valence-electron chi connectivity index (χ3n) is 2.87. The molecule has 0 bridgehead atoms. The van der Waals surface area contributed by atoms with Crippen molar-refractivity contribution in [3.05, 3.63) is 53.2 Å². The summed E-state index contributed by atoms with van der Waals surface area (Å²) in [6.07, 6.45) is 1.52. The summed E-state index contributed by atoms with van der Waals surface area (Å²) in [5, 5.41) is 14.1. The van der Waals surface area contributed by atoms with E-state index in [1.54, 1.807) is 24.3 Å². The maximum atomic E-state index is 9.27. The largest absolute Gasteiger partial charge is 0.463 e. The van der Waals surface area contributed by atoms with E-state index in [1.165, 1.54) is 10.9 Å². The molecule has 6 heteroatoms. The molecule has 0 aliphatic rings. The Morgan fingerprint density at radius 3 is 2.70 bits per heavy atom. The number of hydrogen-bond acceptors (Lipinski definition) is 4. The molecule has 0 unspecified atom stereocenters. The van der Waals surface area contributed by atoms with Crippen LogP contribution in [0.25, 0.3) is 17.1 Å². The van der Waals surface area contributed by atoms with Gasteiger partial charge < -0.3 is 10.2 Å². The first kappa shape index (κ1) is 12.3. The van der Waals surface area contributed by atoms with Crippen LogP contribution >= 0.6 is 11.6 Å². The predicted octanol–water partition coefficient (Wildman–Crippen LogP) is 3.24. The summed E-state index contributed by atoms with van der Waals surface area (Å²) in [5.74, 6) is 0.714. The third-order valence-corrected chi connectivity index (χ3v) is 3.19. The Morgan fingerprint density at radius 2 is 2.05 bits per heavy atom. The second kappa shape index (κ2) is 4.76. The molecule has 3 rings (SSSR count). The average molecular weight is 285 g/mol. The summed E-state index contributed by atoms with van der Waals surface area (Å²) >= 11 is 6.14. The van der Waals surface area contributed by atoms with Gasteiger partial charge in [0.15, 0.2) is 5.76 Å². The van der Waals surface area contributed by atoms with Crippen LogP contribution in [0.4, 0.5) is 5.82 Å². The van der Waals surface area contributed by atoms with Gasteiger partial charge in [-0.25, -0.2) is 4.68 Å². The molecule has 0 atom stereocenters. The maximum absolute atomic E-state index is 9.27. The molecular formula is C14H9ClN4O. The lowest BCUT2D eigenvalue weighted by Gasteiger charge is -2.05. The van der Waals surface area contributed by atoms with Crippen molar-refractivity contribution in [2.24, 2.45) is 0 Å². The molecule has 3 aromatic rings. The van der Waals surface area contributed by atoms with Gasteiger partial charge in [0.25, 0.3) is 0 Å². The number of para-hydroxylation sites is 1. The van der Waals surface area contributed by atoms with Gasteiger partial charge in [-0.15, -0.1) is 0 Å². The van der Waals surface area contributed by atoms with Crippen LogP contribution < -0.4 is 5.73 Å². The number of rotatable bonds is 2. The Balaban J connectivity index is 2.25. The quantitative estimate of drug-likeness (QED) is 0.783. The number of furan rings is 1. The highest BCUT2D eigenvalue weighted by Crippen LogP contribution is 2.30. The fraction of sp³-hybridized carbons (Fsp3) is 0. The van der Waals surface area contributed by atoms with Crippen LogP contribution in [0.15, 0.2) is 47.1 Å². The number of nitrogens with zero attached hydrogens (tertiary/aromatic N) is 3. The van der Waals surface area contributed by atoms with Gasteiger partial charge in [0.05, 0.1) is 17.0 Å². The molecule has 2 heterocycles. The van der Waals surface area contributed by atoms with E-state index in [4.69, 9.17) is 21.8 Å². The molecule has 98 valence electrons. The number of halogens is 1. The molecule has 0 radical (unpaired) electrons. The van der Waals surface area contributed by atoms with E-state index < -0.39 is 0 Å². The second-order valence-electron chi connectivity index (χ2n) is 4.06. The zero-order valence-electron chi connectivity index (χ0n) is 10.2. The van der Waals surface area contributed by atoms with E-state index in [0.29, 0.717) is 22.2 Å². The topological polar surface area (TPSA) is 80.8 Å². The molecule has 0 aliphatic heterocycles. The zero-order valence-corrected chi connectivity index (χ0v) is 11.0. The highest BCUT2D eigenvalue weighted by atomic mass is 35.5. The fourth-order valence-electron chi connectivity index (χ4n) is 1.93. The smallest absolute Gasteiger partial charge is 0.155 e. The Kier molecular flexibility index (Phi) is 2.93. The number of hydrogen-bond donors (Lipinski definition) is 1. The van der Waals surface area contributed by atoms with E-state index in [1.807, 2.05) is 12.1 Å². The Labute approximate surface area is 119 Å². The van der Waals surface area contributed by atoms with Gasteiger partial charge in [-0.1, -0.05) is 23.7 Å². The minimum Gasteiger partial charge on any atom is -0.463 e. The number of nitrogens with two attached hydrogens (primary N) is 1. The van der Waals surface area contributed by atoms with Gasteiger partial charge in [0.2, 0.25) is 0 Å². The summed E-state index contributed by atoms with van der Waals surface area (Å²) in [5.41, 5.74) is 7.27. The molecule has 0 aliphatic carbocycles. The van der Waals surface area contributed by atoms with Crippen molar-refractivity contribution in [1.82, 2.24) is 9.78 Å². The predicted molar refractivity (Wildman–Crippen MR) is 75.4 cm³/mol. The van der Waals surface area contributed by atoms with Crippen molar-refractivity contribution in [2.45, 2.75) is 0 Å². The lowest BCUT2D eigenvalue weighted by molar-refractivity contribution is 0.579. The molecule has 0 amide bonds. The lowest BCUT2D eigenvalue weighted by Crippen LogP contribution is -2.02. The van der Waals surface area contributed by atoms with Crippen molar-refractivity contribution in [2.75, 3.05) is 5.73 Å². The maximum Gasteiger partial charge on any atom is 0.155 e. The minimum atomic E-state index is 0.229. The van der Waals surface area contributed by atoms with Crippen LogP contribution in [0.5, 0.6) is 0 Å². The van der Waals surface area contributed by atoms with Crippen molar-refractivity contribution >= 4 is 17.4 Å². The molecule has 2 aromatic heterocycles. The van der Waals surface area contributed by atoms with Gasteiger partial charge in [-0.05, 0) is 24.3 Å². The third kappa shape index (κ3) is 1.83. The van der Waals surface area contributed by atoms with Crippen molar-refractivity contribution in [3.8, 4) is 23.2 Å². The van der Waals surface area contributed by atoms with Crippen LogP contribution in [0.2, 0.25) is 5.02 Å². The number of nitrogen functional groups attached to an aromatic ring is 1. The van der Waals surface area contributed by atoms with Crippen LogP contribution in [-0.4, -0.2) is 9.78 Å². The van der Waals surface area contributed by atoms with Gasteiger partial charge in [0.1, 0.15) is 23.1 Å². The fourth-order valence-corrected chi connectivity index (χ4v) is 2.15. The molecule has 0 spiro atoms. The number of anilines is 1. The Hall–Kier alpha value is -2.71. The Morgan fingerprint density at radius 1 is 1.25 bits per heavy atom. The molecule has 2 N–H and O–H groups in total. The summed E-state index contributed by atoms with van der Waals surface area (Å²) in [6, 6.07) is 12.6. The summed E-state index contributed by atoms with van der Waals surface area (Å²) in [7, 11) is 0. The first-order valence-electron chi connectivity index (χ1n) is 5.79. The van der Waals surface area contributed by atoms with E-state index in [0.717, 1.165) is 0 Å². The second-order valence-corrected chi connectivity index (χ2v) is 4.47. The SMILES string of the molecule is N#Cc1c(-c2ccco2)nn(-c2ccccc2Cl)c1N. The first-order valence-corrected chi connectivity index (χ1v) is 6.17. The van der Waals surface area contributed by atoms with Crippen LogP contribution in [0.3, 0.4) is 0 Å². The normalized spacial score (nSPS) is 10.4. The molecule has 1 aromatic carbocycles. The van der Waals surface area contributed by atoms with Gasteiger partial charge in [-0.2, -0.15) is 10.4 Å². The zero-order chi connectivity index (χ0) is 14.1. The molecule has 0 fully saturated rings. The van der Waals surface area contributed by atoms with E-state index in [2.05, 4.69) is 11.2 Å². The average Bonchev–Trinajstić information content (AvgIpc) is 3.07. The summed E-state index contributed by atoms with van der Waals surface area (Å²) in [6.45, 7) is 0. The number of aromatic nitrogens is 2.